The largest absolute Gasteiger partial charge is 0.462 e. The number of fused-ring (bicyclic) bond motifs is 3. The molecule has 0 heterocycles. The first kappa shape index (κ1) is 20.5. The van der Waals surface area contributed by atoms with Crippen LogP contribution in [0.1, 0.15) is 46.0 Å². The number of ketones is 1. The lowest BCUT2D eigenvalue weighted by molar-refractivity contribution is -0.393. The van der Waals surface area contributed by atoms with E-state index >= 15 is 0 Å². The van der Waals surface area contributed by atoms with Gasteiger partial charge in [-0.15, -0.1) is 0 Å². The highest BCUT2D eigenvalue weighted by atomic mass is 16.6. The molecule has 30 heavy (non-hydrogen) atoms. The number of carbonyl (C=O) groups is 2. The van der Waals surface area contributed by atoms with Gasteiger partial charge in [0.25, 0.3) is 17.1 Å². The second-order valence-corrected chi connectivity index (χ2v) is 6.39. The summed E-state index contributed by atoms with van der Waals surface area (Å²) in [5, 5.41) is 34.0. The van der Waals surface area contributed by atoms with Gasteiger partial charge in [0.2, 0.25) is 0 Å². The van der Waals surface area contributed by atoms with Gasteiger partial charge in [0.1, 0.15) is 0 Å². The first-order chi connectivity index (χ1) is 14.2. The van der Waals surface area contributed by atoms with Crippen LogP contribution in [0.15, 0.2) is 24.3 Å². The van der Waals surface area contributed by atoms with E-state index in [1.165, 1.54) is 0 Å². The average molecular weight is 415 g/mol. The summed E-state index contributed by atoms with van der Waals surface area (Å²) in [5.74, 6) is -1.88. The minimum atomic E-state index is -0.989. The SMILES string of the molecule is CCCCOC(=O)c1cc([N+](=O)[O-])cc2c1-c1c(cc([N+](=O)[O-])cc1[N+](=O)[O-])C2=O. The van der Waals surface area contributed by atoms with E-state index in [1.807, 2.05) is 6.92 Å². The van der Waals surface area contributed by atoms with Gasteiger partial charge in [-0.05, 0) is 6.42 Å². The molecule has 0 aromatic heterocycles. The van der Waals surface area contributed by atoms with E-state index in [1.54, 1.807) is 0 Å². The van der Waals surface area contributed by atoms with Crippen LogP contribution in [0.4, 0.5) is 17.1 Å². The van der Waals surface area contributed by atoms with Crippen molar-refractivity contribution in [1.82, 2.24) is 0 Å². The van der Waals surface area contributed by atoms with Crippen LogP contribution < -0.4 is 0 Å². The lowest BCUT2D eigenvalue weighted by atomic mass is 9.97. The molecule has 0 fully saturated rings. The molecule has 1 aliphatic carbocycles. The van der Waals surface area contributed by atoms with Gasteiger partial charge in [-0.3, -0.25) is 35.1 Å². The average Bonchev–Trinajstić information content (AvgIpc) is 2.99. The van der Waals surface area contributed by atoms with Gasteiger partial charge in [-0.25, -0.2) is 4.79 Å². The molecule has 12 nitrogen and oxygen atoms in total. The van der Waals surface area contributed by atoms with Gasteiger partial charge in [-0.1, -0.05) is 13.3 Å². The Kier molecular flexibility index (Phi) is 5.24. The number of ether oxygens (including phenoxy) is 1. The normalized spacial score (nSPS) is 11.6. The van der Waals surface area contributed by atoms with Crippen molar-refractivity contribution in [2.24, 2.45) is 0 Å². The van der Waals surface area contributed by atoms with Crippen molar-refractivity contribution in [3.05, 3.63) is 71.3 Å². The van der Waals surface area contributed by atoms with Gasteiger partial charge in [0.05, 0.1) is 38.6 Å². The molecule has 3 rings (SSSR count). The third kappa shape index (κ3) is 3.34. The number of carbonyl (C=O) groups excluding carboxylic acids is 2. The van der Waals surface area contributed by atoms with E-state index < -0.39 is 43.6 Å². The van der Waals surface area contributed by atoms with Gasteiger partial charge in [0, 0.05) is 34.9 Å². The highest BCUT2D eigenvalue weighted by molar-refractivity contribution is 6.26. The molecule has 154 valence electrons. The predicted molar refractivity (Wildman–Crippen MR) is 100 cm³/mol. The summed E-state index contributed by atoms with van der Waals surface area (Å²) in [6, 6.07) is 3.29. The van der Waals surface area contributed by atoms with Gasteiger partial charge in [-0.2, -0.15) is 0 Å². The lowest BCUT2D eigenvalue weighted by Gasteiger charge is -2.09. The molecule has 0 saturated carbocycles. The van der Waals surface area contributed by atoms with Crippen LogP contribution in [0.5, 0.6) is 0 Å². The number of unbranched alkanes of at least 4 members (excludes halogenated alkanes) is 1. The molecule has 1 aliphatic rings. The number of nitrogens with zero attached hydrogens (tertiary/aromatic N) is 3. The number of rotatable bonds is 7. The molecule has 0 N–H and O–H groups in total. The highest BCUT2D eigenvalue weighted by Gasteiger charge is 2.40. The molecule has 2 aromatic rings. The highest BCUT2D eigenvalue weighted by Crippen LogP contribution is 2.47. The molecular weight excluding hydrogens is 402 g/mol. The molecule has 0 aliphatic heterocycles. The fraction of sp³-hybridized carbons (Fsp3) is 0.222. The molecule has 0 spiro atoms. The minimum Gasteiger partial charge on any atom is -0.462 e. The van der Waals surface area contributed by atoms with Crippen LogP contribution in [0, 0.1) is 30.3 Å². The summed E-state index contributed by atoms with van der Waals surface area (Å²) < 4.78 is 5.09. The van der Waals surface area contributed by atoms with E-state index in [4.69, 9.17) is 4.74 Å². The molecule has 2 aromatic carbocycles. The van der Waals surface area contributed by atoms with Crippen molar-refractivity contribution < 1.29 is 29.1 Å². The zero-order valence-electron chi connectivity index (χ0n) is 15.4. The third-order valence-corrected chi connectivity index (χ3v) is 4.53. The van der Waals surface area contributed by atoms with Crippen molar-refractivity contribution in [2.75, 3.05) is 6.61 Å². The second-order valence-electron chi connectivity index (χ2n) is 6.39. The Labute approximate surface area is 167 Å². The number of nitro benzene ring substituents is 3. The van der Waals surface area contributed by atoms with Crippen molar-refractivity contribution in [2.45, 2.75) is 19.8 Å². The minimum absolute atomic E-state index is 0.00988. The molecule has 0 atom stereocenters. The van der Waals surface area contributed by atoms with Gasteiger partial charge < -0.3 is 4.74 Å². The number of nitro groups is 3. The molecule has 0 unspecified atom stereocenters. The Morgan fingerprint density at radius 3 is 2.00 bits per heavy atom. The lowest BCUT2D eigenvalue weighted by Crippen LogP contribution is -2.10. The number of benzene rings is 2. The first-order valence-electron chi connectivity index (χ1n) is 8.68. The summed E-state index contributed by atoms with van der Waals surface area (Å²) in [6.45, 7) is 1.86. The van der Waals surface area contributed by atoms with Crippen molar-refractivity contribution in [1.29, 1.82) is 0 Å². The van der Waals surface area contributed by atoms with Crippen molar-refractivity contribution >= 4 is 28.8 Å². The zero-order valence-corrected chi connectivity index (χ0v) is 15.4. The Balaban J connectivity index is 2.32. The Morgan fingerprint density at radius 2 is 1.47 bits per heavy atom. The fourth-order valence-corrected chi connectivity index (χ4v) is 3.18. The Bertz CT molecular complexity index is 1140. The summed E-state index contributed by atoms with van der Waals surface area (Å²) in [6.07, 6.45) is 1.22. The van der Waals surface area contributed by atoms with Gasteiger partial charge >= 0.3 is 5.97 Å². The second kappa shape index (κ2) is 7.66. The molecule has 12 heteroatoms. The molecule has 0 saturated heterocycles. The zero-order chi connectivity index (χ0) is 22.2. The molecule has 0 bridgehead atoms. The number of hydrogen-bond donors (Lipinski definition) is 0. The smallest absolute Gasteiger partial charge is 0.339 e. The van der Waals surface area contributed by atoms with Crippen LogP contribution in [-0.4, -0.2) is 33.1 Å². The maximum Gasteiger partial charge on any atom is 0.339 e. The molecule has 0 radical (unpaired) electrons. The summed E-state index contributed by atoms with van der Waals surface area (Å²) in [7, 11) is 0. The Morgan fingerprint density at radius 1 is 0.900 bits per heavy atom. The number of hydrogen-bond acceptors (Lipinski definition) is 9. The topological polar surface area (TPSA) is 173 Å². The van der Waals surface area contributed by atoms with Crippen molar-refractivity contribution in [3.63, 3.8) is 0 Å². The first-order valence-corrected chi connectivity index (χ1v) is 8.68. The van der Waals surface area contributed by atoms with Crippen molar-refractivity contribution in [3.8, 4) is 11.1 Å². The summed E-state index contributed by atoms with van der Waals surface area (Å²) in [4.78, 5) is 56.8. The molecule has 0 amide bonds. The third-order valence-electron chi connectivity index (χ3n) is 4.53. The fourth-order valence-electron chi connectivity index (χ4n) is 3.18. The van der Waals surface area contributed by atoms with Crippen LogP contribution >= 0.6 is 0 Å². The van der Waals surface area contributed by atoms with Crippen LogP contribution in [0.25, 0.3) is 11.1 Å². The number of esters is 1. The van der Waals surface area contributed by atoms with E-state index in [0.717, 1.165) is 18.2 Å². The summed E-state index contributed by atoms with van der Waals surface area (Å²) >= 11 is 0. The predicted octanol–water partition coefficient (Wildman–Crippen LogP) is 3.58. The van der Waals surface area contributed by atoms with E-state index in [-0.39, 0.29) is 34.4 Å². The van der Waals surface area contributed by atoms with E-state index in [9.17, 15) is 39.9 Å². The molecular formula is C18H13N3O9. The van der Waals surface area contributed by atoms with E-state index in [2.05, 4.69) is 0 Å². The maximum absolute atomic E-state index is 12.8. The van der Waals surface area contributed by atoms with E-state index in [0.29, 0.717) is 18.9 Å². The summed E-state index contributed by atoms with van der Waals surface area (Å²) in [5.41, 5.74) is -3.65. The van der Waals surface area contributed by atoms with Crippen LogP contribution in [-0.2, 0) is 4.74 Å². The standard InChI is InChI=1S/C18H13N3O9/c1-2-3-4-30-18(23)13-7-9(19(24)25)5-11-15(13)16-12(17(11)22)6-10(20(26)27)8-14(16)21(28)29/h5-8H,2-4H2,1H3. The quantitative estimate of drug-likeness (QED) is 0.242. The van der Waals surface area contributed by atoms with Crippen LogP contribution in [0.3, 0.4) is 0 Å². The maximum atomic E-state index is 12.8. The van der Waals surface area contributed by atoms with Gasteiger partial charge in [0.15, 0.2) is 5.78 Å². The van der Waals surface area contributed by atoms with Crippen LogP contribution in [0.2, 0.25) is 0 Å². The Hall–Kier alpha value is -4.22. The monoisotopic (exact) mass is 415 g/mol. The number of non-ortho nitro benzene ring substituents is 2.